The van der Waals surface area contributed by atoms with E-state index in [0.29, 0.717) is 0 Å². The molecule has 0 radical (unpaired) electrons. The number of carbonyl (C=O) groups is 1. The Hall–Kier alpha value is -0.670. The molecule has 14 heavy (non-hydrogen) atoms. The summed E-state index contributed by atoms with van der Waals surface area (Å²) in [6.45, 7) is 4.33. The van der Waals surface area contributed by atoms with E-state index in [0.717, 1.165) is 17.7 Å². The first-order chi connectivity index (χ1) is 6.74. The van der Waals surface area contributed by atoms with Crippen LogP contribution in [-0.2, 0) is 4.74 Å². The van der Waals surface area contributed by atoms with Crippen molar-refractivity contribution >= 4 is 17.1 Å². The monoisotopic (exact) mass is 212 g/mol. The van der Waals surface area contributed by atoms with E-state index in [4.69, 9.17) is 4.74 Å². The molecule has 2 nitrogen and oxygen atoms in total. The fourth-order valence-electron chi connectivity index (χ4n) is 1.22. The number of rotatable bonds is 6. The summed E-state index contributed by atoms with van der Waals surface area (Å²) in [6, 6.07) is 3.72. The van der Waals surface area contributed by atoms with Crippen molar-refractivity contribution in [1.82, 2.24) is 0 Å². The van der Waals surface area contributed by atoms with Gasteiger partial charge in [0, 0.05) is 0 Å². The molecule has 1 aromatic rings. The van der Waals surface area contributed by atoms with E-state index in [-0.39, 0.29) is 18.5 Å². The van der Waals surface area contributed by atoms with Crippen molar-refractivity contribution < 1.29 is 9.53 Å². The van der Waals surface area contributed by atoms with Gasteiger partial charge in [0.25, 0.3) is 0 Å². The maximum absolute atomic E-state index is 11.5. The predicted molar refractivity (Wildman–Crippen MR) is 59.0 cm³/mol. The molecular weight excluding hydrogens is 196 g/mol. The normalized spacial score (nSPS) is 12.7. The van der Waals surface area contributed by atoms with E-state index in [1.54, 1.807) is 0 Å². The fraction of sp³-hybridized carbons (Fsp3) is 0.545. The Kier molecular flexibility index (Phi) is 4.84. The second kappa shape index (κ2) is 5.94. The molecule has 0 N–H and O–H groups in total. The van der Waals surface area contributed by atoms with Crippen molar-refractivity contribution in [2.75, 3.05) is 6.61 Å². The largest absolute Gasteiger partial charge is 0.370 e. The lowest BCUT2D eigenvalue weighted by Crippen LogP contribution is -2.14. The first-order valence-electron chi connectivity index (χ1n) is 4.92. The van der Waals surface area contributed by atoms with Crippen molar-refractivity contribution in [1.29, 1.82) is 0 Å². The number of ketones is 1. The number of carbonyl (C=O) groups excluding carboxylic acids is 1. The van der Waals surface area contributed by atoms with E-state index in [1.165, 1.54) is 11.3 Å². The summed E-state index contributed by atoms with van der Waals surface area (Å²) in [5.74, 6) is 0.0861. The van der Waals surface area contributed by atoms with Crippen LogP contribution in [0.25, 0.3) is 0 Å². The summed E-state index contributed by atoms with van der Waals surface area (Å²) in [7, 11) is 0. The van der Waals surface area contributed by atoms with Crippen molar-refractivity contribution in [2.45, 2.75) is 32.8 Å². The third-order valence-electron chi connectivity index (χ3n) is 1.99. The Labute approximate surface area is 88.9 Å². The molecule has 0 amide bonds. The number of hydrogen-bond donors (Lipinski definition) is 0. The smallest absolute Gasteiger partial charge is 0.198 e. The molecule has 0 aliphatic rings. The molecule has 1 unspecified atom stereocenters. The van der Waals surface area contributed by atoms with Gasteiger partial charge in [-0.25, -0.2) is 0 Å². The van der Waals surface area contributed by atoms with Crippen LogP contribution in [0.4, 0.5) is 0 Å². The molecule has 78 valence electrons. The zero-order valence-corrected chi connectivity index (χ0v) is 9.47. The molecule has 1 heterocycles. The van der Waals surface area contributed by atoms with Crippen LogP contribution in [0.3, 0.4) is 0 Å². The number of thiophene rings is 1. The Bertz CT molecular complexity index is 267. The zero-order valence-electron chi connectivity index (χ0n) is 8.66. The lowest BCUT2D eigenvalue weighted by Gasteiger charge is -2.10. The Morgan fingerprint density at radius 2 is 2.43 bits per heavy atom. The highest BCUT2D eigenvalue weighted by atomic mass is 32.1. The van der Waals surface area contributed by atoms with E-state index in [9.17, 15) is 4.79 Å². The van der Waals surface area contributed by atoms with Gasteiger partial charge in [-0.15, -0.1) is 11.3 Å². The third-order valence-corrected chi connectivity index (χ3v) is 2.90. The summed E-state index contributed by atoms with van der Waals surface area (Å²) < 4.78 is 5.43. The lowest BCUT2D eigenvalue weighted by molar-refractivity contribution is 0.0493. The molecule has 0 bridgehead atoms. The van der Waals surface area contributed by atoms with Crippen molar-refractivity contribution in [3.8, 4) is 0 Å². The molecule has 1 rings (SSSR count). The van der Waals surface area contributed by atoms with Crippen molar-refractivity contribution in [2.24, 2.45) is 0 Å². The van der Waals surface area contributed by atoms with E-state index < -0.39 is 0 Å². The minimum Gasteiger partial charge on any atom is -0.370 e. The highest BCUT2D eigenvalue weighted by Crippen LogP contribution is 2.10. The summed E-state index contributed by atoms with van der Waals surface area (Å²) in [5.41, 5.74) is 0. The molecule has 0 fully saturated rings. The van der Waals surface area contributed by atoms with Gasteiger partial charge in [0.1, 0.15) is 6.61 Å². The standard InChI is InChI=1S/C11H16O2S/c1-3-5-9(2)13-8-10(12)11-6-4-7-14-11/h4,6-7,9H,3,5,8H2,1-2H3. The first kappa shape index (κ1) is 11.4. The van der Waals surface area contributed by atoms with Crippen LogP contribution >= 0.6 is 11.3 Å². The average Bonchev–Trinajstić information content (AvgIpc) is 2.67. The maximum atomic E-state index is 11.5. The molecule has 0 aliphatic carbocycles. The number of ether oxygens (including phenoxy) is 1. The quantitative estimate of drug-likeness (QED) is 0.677. The Balaban J connectivity index is 2.28. The van der Waals surface area contributed by atoms with Gasteiger partial charge in [0.15, 0.2) is 5.78 Å². The van der Waals surface area contributed by atoms with Gasteiger partial charge < -0.3 is 4.74 Å². The lowest BCUT2D eigenvalue weighted by atomic mass is 10.2. The molecule has 3 heteroatoms. The minimum atomic E-state index is 0.0861. The van der Waals surface area contributed by atoms with Gasteiger partial charge in [0.2, 0.25) is 0 Å². The molecule has 0 aliphatic heterocycles. The summed E-state index contributed by atoms with van der Waals surface area (Å²) >= 11 is 1.47. The average molecular weight is 212 g/mol. The van der Waals surface area contributed by atoms with Gasteiger partial charge in [-0.2, -0.15) is 0 Å². The van der Waals surface area contributed by atoms with Crippen molar-refractivity contribution in [3.63, 3.8) is 0 Å². The molecule has 0 aromatic carbocycles. The second-order valence-electron chi connectivity index (χ2n) is 3.31. The van der Waals surface area contributed by atoms with Crippen LogP contribution in [0.1, 0.15) is 36.4 Å². The van der Waals surface area contributed by atoms with Crippen LogP contribution in [0.15, 0.2) is 17.5 Å². The molecular formula is C11H16O2S. The summed E-state index contributed by atoms with van der Waals surface area (Å²) in [6.07, 6.45) is 2.29. The summed E-state index contributed by atoms with van der Waals surface area (Å²) in [5, 5.41) is 1.91. The maximum Gasteiger partial charge on any atom is 0.198 e. The number of hydrogen-bond acceptors (Lipinski definition) is 3. The van der Waals surface area contributed by atoms with E-state index in [1.807, 2.05) is 24.4 Å². The van der Waals surface area contributed by atoms with E-state index >= 15 is 0 Å². The molecule has 1 aromatic heterocycles. The van der Waals surface area contributed by atoms with Gasteiger partial charge >= 0.3 is 0 Å². The Morgan fingerprint density at radius 1 is 1.64 bits per heavy atom. The van der Waals surface area contributed by atoms with Crippen LogP contribution in [0, 0.1) is 0 Å². The molecule has 0 saturated carbocycles. The second-order valence-corrected chi connectivity index (χ2v) is 4.26. The van der Waals surface area contributed by atoms with Gasteiger partial charge in [-0.1, -0.05) is 19.4 Å². The van der Waals surface area contributed by atoms with Gasteiger partial charge in [-0.3, -0.25) is 4.79 Å². The SMILES string of the molecule is CCCC(C)OCC(=O)c1cccs1. The molecule has 0 saturated heterocycles. The number of Topliss-reactive ketones (excluding diaryl/α,β-unsaturated/α-hetero) is 1. The van der Waals surface area contributed by atoms with Crippen LogP contribution in [0.2, 0.25) is 0 Å². The van der Waals surface area contributed by atoms with Crippen LogP contribution < -0.4 is 0 Å². The molecule has 0 spiro atoms. The summed E-state index contributed by atoms with van der Waals surface area (Å²) in [4.78, 5) is 12.3. The zero-order chi connectivity index (χ0) is 10.4. The van der Waals surface area contributed by atoms with Crippen LogP contribution in [0.5, 0.6) is 0 Å². The van der Waals surface area contributed by atoms with Gasteiger partial charge in [-0.05, 0) is 24.8 Å². The third kappa shape index (κ3) is 3.60. The van der Waals surface area contributed by atoms with Crippen molar-refractivity contribution in [3.05, 3.63) is 22.4 Å². The molecule has 1 atom stereocenters. The Morgan fingerprint density at radius 3 is 3.00 bits per heavy atom. The van der Waals surface area contributed by atoms with Crippen LogP contribution in [-0.4, -0.2) is 18.5 Å². The highest BCUT2D eigenvalue weighted by Gasteiger charge is 2.08. The first-order valence-corrected chi connectivity index (χ1v) is 5.80. The highest BCUT2D eigenvalue weighted by molar-refractivity contribution is 7.12. The van der Waals surface area contributed by atoms with Gasteiger partial charge in [0.05, 0.1) is 11.0 Å². The predicted octanol–water partition coefficient (Wildman–Crippen LogP) is 3.14. The minimum absolute atomic E-state index is 0.0861. The fourth-order valence-corrected chi connectivity index (χ4v) is 1.87. The van der Waals surface area contributed by atoms with E-state index in [2.05, 4.69) is 6.92 Å². The topological polar surface area (TPSA) is 26.3 Å².